The van der Waals surface area contributed by atoms with Gasteiger partial charge in [0.25, 0.3) is 0 Å². The first-order valence-electron chi connectivity index (χ1n) is 6.79. The molecule has 0 radical (unpaired) electrons. The molecule has 108 valence electrons. The lowest BCUT2D eigenvalue weighted by molar-refractivity contribution is -0.142. The van der Waals surface area contributed by atoms with Crippen molar-refractivity contribution in [2.24, 2.45) is 0 Å². The number of carbonyl (C=O) groups excluding carboxylic acids is 1. The average Bonchev–Trinajstić information content (AvgIpc) is 3.20. The minimum absolute atomic E-state index is 0.194. The van der Waals surface area contributed by atoms with Crippen LogP contribution in [0.3, 0.4) is 0 Å². The normalized spacial score (nSPS) is 17.3. The van der Waals surface area contributed by atoms with E-state index in [2.05, 4.69) is 5.32 Å². The Labute approximate surface area is 123 Å². The molecule has 1 fully saturated rings. The number of hydrogen-bond acceptors (Lipinski definition) is 2. The third kappa shape index (κ3) is 2.96. The monoisotopic (exact) mass is 295 g/mol. The Balaban J connectivity index is 2.12. The largest absolute Gasteiger partial charge is 0.480 e. The van der Waals surface area contributed by atoms with Crippen molar-refractivity contribution in [3.8, 4) is 0 Å². The fraction of sp³-hybridized carbons (Fsp3) is 0.467. The number of halogens is 1. The Morgan fingerprint density at radius 2 is 1.95 bits per heavy atom. The molecule has 1 aromatic carbocycles. The third-order valence-electron chi connectivity index (χ3n) is 3.76. The van der Waals surface area contributed by atoms with E-state index >= 15 is 0 Å². The number of benzene rings is 1. The Morgan fingerprint density at radius 3 is 2.40 bits per heavy atom. The molecule has 1 atom stereocenters. The molecule has 2 rings (SSSR count). The van der Waals surface area contributed by atoms with Crippen LogP contribution in [-0.4, -0.2) is 23.0 Å². The number of amides is 1. The number of nitrogens with one attached hydrogen (secondary N) is 1. The molecule has 2 N–H and O–H groups in total. The lowest BCUT2D eigenvalue weighted by atomic mass is 9.94. The van der Waals surface area contributed by atoms with E-state index in [4.69, 9.17) is 16.7 Å². The molecular weight excluding hydrogens is 278 g/mol. The zero-order valence-corrected chi connectivity index (χ0v) is 12.1. The van der Waals surface area contributed by atoms with Crippen LogP contribution in [0.4, 0.5) is 0 Å². The SMILES string of the molecule is CCCC(NC(=O)C1(c2ccc(Cl)cc2)CC1)C(=O)O. The molecule has 1 saturated carbocycles. The number of aliphatic carboxylic acids is 1. The molecule has 1 aromatic rings. The maximum atomic E-state index is 12.4. The van der Waals surface area contributed by atoms with Gasteiger partial charge in [0.2, 0.25) is 5.91 Å². The van der Waals surface area contributed by atoms with Crippen LogP contribution in [-0.2, 0) is 15.0 Å². The Bertz CT molecular complexity index is 508. The van der Waals surface area contributed by atoms with Crippen molar-refractivity contribution in [3.63, 3.8) is 0 Å². The number of carboxylic acid groups (broad SMARTS) is 1. The first-order chi connectivity index (χ1) is 9.49. The van der Waals surface area contributed by atoms with E-state index in [1.807, 2.05) is 19.1 Å². The third-order valence-corrected chi connectivity index (χ3v) is 4.01. The molecule has 4 nitrogen and oxygen atoms in total. The molecule has 1 unspecified atom stereocenters. The second kappa shape index (κ2) is 5.83. The van der Waals surface area contributed by atoms with Crippen LogP contribution in [0.1, 0.15) is 38.2 Å². The molecule has 5 heteroatoms. The van der Waals surface area contributed by atoms with Crippen molar-refractivity contribution in [3.05, 3.63) is 34.9 Å². The standard InChI is InChI=1S/C15H18ClNO3/c1-2-3-12(13(18)19)17-14(20)15(8-9-15)10-4-6-11(16)7-5-10/h4-7,12H,2-3,8-9H2,1H3,(H,17,20)(H,18,19). The van der Waals surface area contributed by atoms with E-state index in [1.165, 1.54) is 0 Å². The van der Waals surface area contributed by atoms with Gasteiger partial charge in [0.1, 0.15) is 6.04 Å². The summed E-state index contributed by atoms with van der Waals surface area (Å²) >= 11 is 5.85. The van der Waals surface area contributed by atoms with E-state index in [1.54, 1.807) is 12.1 Å². The summed E-state index contributed by atoms with van der Waals surface area (Å²) in [5.41, 5.74) is 0.339. The fourth-order valence-electron chi connectivity index (χ4n) is 2.38. The summed E-state index contributed by atoms with van der Waals surface area (Å²) in [5, 5.41) is 12.4. The van der Waals surface area contributed by atoms with Gasteiger partial charge in [-0.1, -0.05) is 37.1 Å². The molecule has 1 aliphatic rings. The van der Waals surface area contributed by atoms with Crippen LogP contribution in [0.15, 0.2) is 24.3 Å². The maximum absolute atomic E-state index is 12.4. The number of hydrogen-bond donors (Lipinski definition) is 2. The van der Waals surface area contributed by atoms with E-state index < -0.39 is 17.4 Å². The van der Waals surface area contributed by atoms with Crippen LogP contribution in [0.5, 0.6) is 0 Å². The molecule has 0 heterocycles. The van der Waals surface area contributed by atoms with Crippen LogP contribution in [0.2, 0.25) is 5.02 Å². The summed E-state index contributed by atoms with van der Waals surface area (Å²) in [4.78, 5) is 23.5. The molecule has 0 aromatic heterocycles. The van der Waals surface area contributed by atoms with Crippen LogP contribution < -0.4 is 5.32 Å². The summed E-state index contributed by atoms with van der Waals surface area (Å²) in [7, 11) is 0. The minimum atomic E-state index is -0.980. The highest BCUT2D eigenvalue weighted by atomic mass is 35.5. The molecular formula is C15H18ClNO3. The van der Waals surface area contributed by atoms with Crippen molar-refractivity contribution in [2.75, 3.05) is 0 Å². The quantitative estimate of drug-likeness (QED) is 0.848. The van der Waals surface area contributed by atoms with E-state index in [0.29, 0.717) is 17.9 Å². The highest BCUT2D eigenvalue weighted by Crippen LogP contribution is 2.48. The summed E-state index contributed by atoms with van der Waals surface area (Å²) in [6.07, 6.45) is 2.65. The molecule has 0 spiro atoms. The van der Waals surface area contributed by atoms with Crippen molar-refractivity contribution < 1.29 is 14.7 Å². The molecule has 0 bridgehead atoms. The van der Waals surface area contributed by atoms with Gasteiger partial charge in [-0.3, -0.25) is 4.79 Å². The van der Waals surface area contributed by atoms with Crippen molar-refractivity contribution in [2.45, 2.75) is 44.1 Å². The molecule has 0 saturated heterocycles. The van der Waals surface area contributed by atoms with Crippen LogP contribution in [0, 0.1) is 0 Å². The van der Waals surface area contributed by atoms with Crippen LogP contribution >= 0.6 is 11.6 Å². The minimum Gasteiger partial charge on any atom is -0.480 e. The van der Waals surface area contributed by atoms with Gasteiger partial charge in [-0.25, -0.2) is 4.79 Å². The van der Waals surface area contributed by atoms with Gasteiger partial charge in [-0.05, 0) is 37.0 Å². The summed E-state index contributed by atoms with van der Waals surface area (Å²) in [6, 6.07) is 6.38. The van der Waals surface area contributed by atoms with Gasteiger partial charge in [0.05, 0.1) is 5.41 Å². The maximum Gasteiger partial charge on any atom is 0.326 e. The summed E-state index contributed by atoms with van der Waals surface area (Å²) < 4.78 is 0. The average molecular weight is 296 g/mol. The lowest BCUT2D eigenvalue weighted by Crippen LogP contribution is -2.45. The molecule has 1 amide bonds. The number of rotatable bonds is 6. The molecule has 20 heavy (non-hydrogen) atoms. The van der Waals surface area contributed by atoms with Crippen LogP contribution in [0.25, 0.3) is 0 Å². The highest BCUT2D eigenvalue weighted by Gasteiger charge is 2.51. The lowest BCUT2D eigenvalue weighted by Gasteiger charge is -2.20. The highest BCUT2D eigenvalue weighted by molar-refractivity contribution is 6.30. The Hall–Kier alpha value is -1.55. The first kappa shape index (κ1) is 14.9. The zero-order chi connectivity index (χ0) is 14.8. The van der Waals surface area contributed by atoms with Gasteiger partial charge in [-0.15, -0.1) is 0 Å². The molecule has 0 aliphatic heterocycles. The summed E-state index contributed by atoms with van der Waals surface area (Å²) in [6.45, 7) is 1.90. The van der Waals surface area contributed by atoms with Crippen molar-refractivity contribution in [1.82, 2.24) is 5.32 Å². The predicted octanol–water partition coefficient (Wildman–Crippen LogP) is 2.74. The van der Waals surface area contributed by atoms with Crippen molar-refractivity contribution in [1.29, 1.82) is 0 Å². The zero-order valence-electron chi connectivity index (χ0n) is 11.4. The van der Waals surface area contributed by atoms with E-state index in [0.717, 1.165) is 18.4 Å². The second-order valence-corrected chi connectivity index (χ2v) is 5.68. The Kier molecular flexibility index (Phi) is 4.33. The topological polar surface area (TPSA) is 66.4 Å². The Morgan fingerprint density at radius 1 is 1.35 bits per heavy atom. The van der Waals surface area contributed by atoms with Gasteiger partial charge in [0, 0.05) is 5.02 Å². The fourth-order valence-corrected chi connectivity index (χ4v) is 2.51. The number of carbonyl (C=O) groups is 2. The van der Waals surface area contributed by atoms with E-state index in [9.17, 15) is 9.59 Å². The smallest absolute Gasteiger partial charge is 0.326 e. The summed E-state index contributed by atoms with van der Waals surface area (Å²) in [5.74, 6) is -1.17. The molecule has 1 aliphatic carbocycles. The predicted molar refractivity (Wildman–Crippen MR) is 76.8 cm³/mol. The number of carboxylic acids is 1. The van der Waals surface area contributed by atoms with Crippen molar-refractivity contribution >= 4 is 23.5 Å². The van der Waals surface area contributed by atoms with E-state index in [-0.39, 0.29) is 5.91 Å². The van der Waals surface area contributed by atoms with Gasteiger partial charge in [-0.2, -0.15) is 0 Å². The second-order valence-electron chi connectivity index (χ2n) is 5.24. The van der Waals surface area contributed by atoms with Gasteiger partial charge in [0.15, 0.2) is 0 Å². The van der Waals surface area contributed by atoms with Gasteiger partial charge < -0.3 is 10.4 Å². The van der Waals surface area contributed by atoms with Gasteiger partial charge >= 0.3 is 5.97 Å². The first-order valence-corrected chi connectivity index (χ1v) is 7.17.